The van der Waals surface area contributed by atoms with Crippen molar-refractivity contribution >= 4 is 11.7 Å². The van der Waals surface area contributed by atoms with Crippen molar-refractivity contribution in [1.29, 1.82) is 5.41 Å². The fourth-order valence-corrected chi connectivity index (χ4v) is 8.04. The lowest BCUT2D eigenvalue weighted by atomic mass is 9.50. The summed E-state index contributed by atoms with van der Waals surface area (Å²) in [4.78, 5) is 12.0. The standard InChI is InChI=1S/C22H27NO2/c1-21-8-6-15-14-5-3-13(23)10-12(14)2-4-16(15)20(21)17-11-18(17)22(21)9-7-19(24)25-22/h2,4,10,14-18,20,23H,3,5-9,11H2,1H3/t14-,15?,16?,17?,18?,20?,21-,22-/m0/s1. The van der Waals surface area contributed by atoms with Crippen molar-refractivity contribution in [1.82, 2.24) is 0 Å². The van der Waals surface area contributed by atoms with E-state index in [-0.39, 0.29) is 17.0 Å². The first-order chi connectivity index (χ1) is 12.0. The van der Waals surface area contributed by atoms with Crippen LogP contribution in [-0.4, -0.2) is 17.3 Å². The van der Waals surface area contributed by atoms with Crippen LogP contribution in [0.5, 0.6) is 0 Å². The van der Waals surface area contributed by atoms with E-state index in [1.165, 1.54) is 24.8 Å². The van der Waals surface area contributed by atoms with Crippen molar-refractivity contribution < 1.29 is 9.53 Å². The maximum atomic E-state index is 12.0. The van der Waals surface area contributed by atoms with Crippen LogP contribution >= 0.6 is 0 Å². The SMILES string of the molecule is C[C@]12CCC3C(C=CC4=CC(=N)CC[C@@H]43)C1C1CC1[C@@]21CCC(=O)O1. The number of rotatable bonds is 0. The summed E-state index contributed by atoms with van der Waals surface area (Å²) in [5, 5.41) is 8.00. The van der Waals surface area contributed by atoms with Gasteiger partial charge in [0.05, 0.1) is 0 Å². The van der Waals surface area contributed by atoms with Crippen molar-refractivity contribution in [3.8, 4) is 0 Å². The van der Waals surface area contributed by atoms with E-state index in [0.29, 0.717) is 30.1 Å². The third kappa shape index (κ3) is 1.64. The van der Waals surface area contributed by atoms with E-state index >= 15 is 0 Å². The summed E-state index contributed by atoms with van der Waals surface area (Å²) in [6.45, 7) is 2.45. The van der Waals surface area contributed by atoms with Gasteiger partial charge >= 0.3 is 5.97 Å². The zero-order valence-electron chi connectivity index (χ0n) is 15.0. The Morgan fingerprint density at radius 3 is 2.88 bits per heavy atom. The smallest absolute Gasteiger partial charge is 0.306 e. The second kappa shape index (κ2) is 4.47. The van der Waals surface area contributed by atoms with E-state index in [1.807, 2.05) is 0 Å². The van der Waals surface area contributed by atoms with Gasteiger partial charge < -0.3 is 10.1 Å². The number of allylic oxidation sites excluding steroid dienone is 4. The van der Waals surface area contributed by atoms with Crippen molar-refractivity contribution in [2.24, 2.45) is 40.9 Å². The number of fused-ring (bicyclic) bond motifs is 9. The van der Waals surface area contributed by atoms with Crippen LogP contribution in [0, 0.1) is 46.3 Å². The van der Waals surface area contributed by atoms with Gasteiger partial charge in [-0.15, -0.1) is 0 Å². The summed E-state index contributed by atoms with van der Waals surface area (Å²) in [6, 6.07) is 0. The predicted molar refractivity (Wildman–Crippen MR) is 95.1 cm³/mol. The Morgan fingerprint density at radius 1 is 1.20 bits per heavy atom. The first-order valence-electron chi connectivity index (χ1n) is 10.2. The van der Waals surface area contributed by atoms with Crippen molar-refractivity contribution in [3.05, 3.63) is 23.8 Å². The molecule has 1 N–H and O–H groups in total. The fourth-order valence-electron chi connectivity index (χ4n) is 8.04. The van der Waals surface area contributed by atoms with Gasteiger partial charge in [-0.25, -0.2) is 0 Å². The number of hydrogen-bond acceptors (Lipinski definition) is 3. The molecule has 0 radical (unpaired) electrons. The van der Waals surface area contributed by atoms with Crippen LogP contribution in [0.25, 0.3) is 0 Å². The molecular weight excluding hydrogens is 310 g/mol. The summed E-state index contributed by atoms with van der Waals surface area (Å²) < 4.78 is 6.13. The zero-order valence-corrected chi connectivity index (χ0v) is 15.0. The Morgan fingerprint density at radius 2 is 2.08 bits per heavy atom. The molecule has 0 aromatic carbocycles. The van der Waals surface area contributed by atoms with E-state index < -0.39 is 0 Å². The molecule has 0 aromatic heterocycles. The lowest BCUT2D eigenvalue weighted by molar-refractivity contribution is -0.171. The van der Waals surface area contributed by atoms with Crippen LogP contribution in [0.2, 0.25) is 0 Å². The highest BCUT2D eigenvalue weighted by Gasteiger charge is 2.78. The largest absolute Gasteiger partial charge is 0.458 e. The van der Waals surface area contributed by atoms with Crippen LogP contribution in [0.1, 0.15) is 51.9 Å². The van der Waals surface area contributed by atoms with Crippen LogP contribution in [0.3, 0.4) is 0 Å². The predicted octanol–water partition coefficient (Wildman–Crippen LogP) is 4.29. The molecule has 3 heteroatoms. The molecule has 4 fully saturated rings. The molecule has 8 atom stereocenters. The molecule has 5 aliphatic carbocycles. The van der Waals surface area contributed by atoms with E-state index in [2.05, 4.69) is 25.2 Å². The Hall–Kier alpha value is -1.38. The van der Waals surface area contributed by atoms with Gasteiger partial charge in [0.25, 0.3) is 0 Å². The molecular formula is C22H27NO2. The van der Waals surface area contributed by atoms with E-state index in [1.54, 1.807) is 0 Å². The van der Waals surface area contributed by atoms with E-state index in [0.717, 1.165) is 36.8 Å². The summed E-state index contributed by atoms with van der Waals surface area (Å²) in [5.41, 5.74) is 2.26. The lowest BCUT2D eigenvalue weighted by Gasteiger charge is -2.55. The minimum absolute atomic E-state index is 0.0462. The van der Waals surface area contributed by atoms with Gasteiger partial charge in [0.2, 0.25) is 0 Å². The molecule has 3 nitrogen and oxygen atoms in total. The summed E-state index contributed by atoms with van der Waals surface area (Å²) in [6.07, 6.45) is 14.4. The first-order valence-corrected chi connectivity index (χ1v) is 10.2. The zero-order chi connectivity index (χ0) is 17.0. The topological polar surface area (TPSA) is 50.2 Å². The normalized spacial score (nSPS) is 55.2. The molecule has 1 saturated heterocycles. The Kier molecular flexibility index (Phi) is 2.64. The molecule has 0 aromatic rings. The summed E-state index contributed by atoms with van der Waals surface area (Å²) in [7, 11) is 0. The molecule has 1 heterocycles. The number of nitrogens with one attached hydrogen (secondary N) is 1. The van der Waals surface area contributed by atoms with Crippen LogP contribution in [0.15, 0.2) is 23.8 Å². The van der Waals surface area contributed by atoms with Crippen molar-refractivity contribution in [2.45, 2.75) is 57.5 Å². The number of carbonyl (C=O) groups excluding carboxylic acids is 1. The molecule has 25 heavy (non-hydrogen) atoms. The number of hydrogen-bond donors (Lipinski definition) is 1. The number of esters is 1. The lowest BCUT2D eigenvalue weighted by Crippen LogP contribution is -2.54. The van der Waals surface area contributed by atoms with Gasteiger partial charge in [-0.1, -0.05) is 19.1 Å². The summed E-state index contributed by atoms with van der Waals surface area (Å²) in [5.74, 6) is 4.22. The quantitative estimate of drug-likeness (QED) is 0.671. The van der Waals surface area contributed by atoms with Crippen LogP contribution in [0.4, 0.5) is 0 Å². The number of carbonyl (C=O) groups is 1. The molecule has 132 valence electrons. The molecule has 5 unspecified atom stereocenters. The average molecular weight is 337 g/mol. The molecule has 3 saturated carbocycles. The third-order valence-electron chi connectivity index (χ3n) is 9.03. The number of ether oxygens (including phenoxy) is 1. The minimum atomic E-state index is -0.136. The van der Waals surface area contributed by atoms with Gasteiger partial charge in [0.1, 0.15) is 5.60 Å². The van der Waals surface area contributed by atoms with Gasteiger partial charge in [0.15, 0.2) is 0 Å². The second-order valence-electron chi connectivity index (χ2n) is 9.77. The second-order valence-corrected chi connectivity index (χ2v) is 9.77. The summed E-state index contributed by atoms with van der Waals surface area (Å²) >= 11 is 0. The maximum Gasteiger partial charge on any atom is 0.306 e. The van der Waals surface area contributed by atoms with Gasteiger partial charge in [-0.3, -0.25) is 4.79 Å². The van der Waals surface area contributed by atoms with Crippen molar-refractivity contribution in [3.63, 3.8) is 0 Å². The highest BCUT2D eigenvalue weighted by molar-refractivity contribution is 5.94. The molecule has 0 amide bonds. The molecule has 1 aliphatic heterocycles. The average Bonchev–Trinajstić information content (AvgIpc) is 3.23. The fraction of sp³-hybridized carbons (Fsp3) is 0.727. The minimum Gasteiger partial charge on any atom is -0.458 e. The van der Waals surface area contributed by atoms with Gasteiger partial charge in [0, 0.05) is 23.5 Å². The Balaban J connectivity index is 1.41. The van der Waals surface area contributed by atoms with Crippen LogP contribution < -0.4 is 0 Å². The van der Waals surface area contributed by atoms with Crippen molar-refractivity contribution in [2.75, 3.05) is 0 Å². The van der Waals surface area contributed by atoms with Gasteiger partial charge in [-0.2, -0.15) is 0 Å². The third-order valence-corrected chi connectivity index (χ3v) is 9.03. The maximum absolute atomic E-state index is 12.0. The van der Waals surface area contributed by atoms with E-state index in [9.17, 15) is 4.79 Å². The highest BCUT2D eigenvalue weighted by atomic mass is 16.6. The van der Waals surface area contributed by atoms with Crippen LogP contribution in [-0.2, 0) is 9.53 Å². The molecule has 0 bridgehead atoms. The molecule has 6 rings (SSSR count). The van der Waals surface area contributed by atoms with E-state index in [4.69, 9.17) is 10.1 Å². The van der Waals surface area contributed by atoms with Gasteiger partial charge in [-0.05, 0) is 79.8 Å². The first kappa shape index (κ1) is 14.8. The highest BCUT2D eigenvalue weighted by Crippen LogP contribution is 2.77. The Labute approximate surface area is 149 Å². The monoisotopic (exact) mass is 337 g/mol. The Bertz CT molecular complexity index is 751. The molecule has 6 aliphatic rings. The molecule has 1 spiro atoms.